The Labute approximate surface area is 142 Å². The molecular weight excluding hydrogens is 325 g/mol. The fourth-order valence-electron chi connectivity index (χ4n) is 2.70. The average Bonchev–Trinajstić information content (AvgIpc) is 2.89. The van der Waals surface area contributed by atoms with Crippen LogP contribution in [0.1, 0.15) is 32.1 Å². The minimum Gasteiger partial charge on any atom is -0.507 e. The van der Waals surface area contributed by atoms with Crippen molar-refractivity contribution in [2.24, 2.45) is 7.05 Å². The van der Waals surface area contributed by atoms with Crippen LogP contribution in [0.4, 0.5) is 4.39 Å². The number of phenolic OH excluding ortho intramolecular Hbond substituents is 1. The largest absolute Gasteiger partial charge is 0.507 e. The van der Waals surface area contributed by atoms with Crippen molar-refractivity contribution in [3.8, 4) is 5.75 Å². The van der Waals surface area contributed by atoms with Crippen LogP contribution in [0, 0.1) is 12.7 Å². The zero-order valence-electron chi connectivity index (χ0n) is 13.7. The first kappa shape index (κ1) is 16.6. The van der Waals surface area contributed by atoms with Crippen LogP contribution in [0.2, 0.25) is 0 Å². The first-order chi connectivity index (χ1) is 11.9. The van der Waals surface area contributed by atoms with E-state index in [1.54, 1.807) is 0 Å². The number of rotatable bonds is 4. The van der Waals surface area contributed by atoms with E-state index in [2.05, 4.69) is 10.3 Å². The number of imidazole rings is 1. The zero-order valence-corrected chi connectivity index (χ0v) is 13.7. The number of aldehydes is 1. The Balaban J connectivity index is 1.88. The highest BCUT2D eigenvalue weighted by Crippen LogP contribution is 2.22. The van der Waals surface area contributed by atoms with Gasteiger partial charge < -0.3 is 15.0 Å². The van der Waals surface area contributed by atoms with Crippen LogP contribution in [0.5, 0.6) is 5.75 Å². The Kier molecular flexibility index (Phi) is 4.22. The summed E-state index contributed by atoms with van der Waals surface area (Å²) in [6.07, 6.45) is 0.255. The summed E-state index contributed by atoms with van der Waals surface area (Å²) in [4.78, 5) is 27.8. The fraction of sp³-hybridized carbons (Fsp3) is 0.167. The molecule has 0 aliphatic carbocycles. The minimum absolute atomic E-state index is 0.0520. The standard InChI is InChI=1S/C18H16FN3O3/c1-10-3-5-14-13(7-10)21-16(22(14)2)8-20-18(25)17-11(9-23)15(24)6-4-12(17)19/h3-7,9,24H,8H2,1-2H3,(H,20,25). The lowest BCUT2D eigenvalue weighted by atomic mass is 10.1. The number of carbonyl (C=O) groups excluding carboxylic acids is 2. The number of hydrogen-bond donors (Lipinski definition) is 2. The number of benzene rings is 2. The second-order valence-corrected chi connectivity index (χ2v) is 5.73. The number of carbonyl (C=O) groups is 2. The van der Waals surface area contributed by atoms with Crippen LogP contribution >= 0.6 is 0 Å². The van der Waals surface area contributed by atoms with Gasteiger partial charge in [-0.25, -0.2) is 9.37 Å². The lowest BCUT2D eigenvalue weighted by molar-refractivity contribution is 0.0939. The molecule has 0 saturated carbocycles. The summed E-state index contributed by atoms with van der Waals surface area (Å²) in [5, 5.41) is 12.2. The van der Waals surface area contributed by atoms with E-state index in [-0.39, 0.29) is 18.4 Å². The van der Waals surface area contributed by atoms with E-state index in [1.165, 1.54) is 0 Å². The van der Waals surface area contributed by atoms with Crippen LogP contribution in [-0.4, -0.2) is 26.9 Å². The van der Waals surface area contributed by atoms with Gasteiger partial charge in [0.25, 0.3) is 5.91 Å². The number of aryl methyl sites for hydroxylation is 2. The summed E-state index contributed by atoms with van der Waals surface area (Å²) in [5.74, 6) is -1.53. The van der Waals surface area contributed by atoms with Crippen molar-refractivity contribution in [2.75, 3.05) is 0 Å². The third-order valence-electron chi connectivity index (χ3n) is 4.05. The first-order valence-electron chi connectivity index (χ1n) is 7.59. The smallest absolute Gasteiger partial charge is 0.255 e. The second kappa shape index (κ2) is 6.35. The molecule has 2 aromatic carbocycles. The third-order valence-corrected chi connectivity index (χ3v) is 4.05. The van der Waals surface area contributed by atoms with E-state index in [0.717, 1.165) is 28.7 Å². The zero-order chi connectivity index (χ0) is 18.1. The van der Waals surface area contributed by atoms with Gasteiger partial charge in [0.15, 0.2) is 6.29 Å². The first-order valence-corrected chi connectivity index (χ1v) is 7.59. The summed E-state index contributed by atoms with van der Waals surface area (Å²) in [6, 6.07) is 7.80. The topological polar surface area (TPSA) is 84.2 Å². The maximum absolute atomic E-state index is 13.9. The van der Waals surface area contributed by atoms with Crippen LogP contribution in [0.15, 0.2) is 30.3 Å². The van der Waals surface area contributed by atoms with Crippen molar-refractivity contribution in [1.29, 1.82) is 0 Å². The molecule has 6 nitrogen and oxygen atoms in total. The third kappa shape index (κ3) is 2.96. The van der Waals surface area contributed by atoms with Crippen LogP contribution < -0.4 is 5.32 Å². The molecule has 1 heterocycles. The summed E-state index contributed by atoms with van der Waals surface area (Å²) >= 11 is 0. The number of fused-ring (bicyclic) bond motifs is 1. The minimum atomic E-state index is -0.877. The van der Waals surface area contributed by atoms with Gasteiger partial charge in [0, 0.05) is 7.05 Å². The van der Waals surface area contributed by atoms with Crippen LogP contribution in [-0.2, 0) is 13.6 Å². The normalized spacial score (nSPS) is 10.8. The second-order valence-electron chi connectivity index (χ2n) is 5.73. The lowest BCUT2D eigenvalue weighted by Crippen LogP contribution is -2.26. The number of aromatic nitrogens is 2. The Bertz CT molecular complexity index is 995. The van der Waals surface area contributed by atoms with Gasteiger partial charge in [-0.15, -0.1) is 0 Å². The van der Waals surface area contributed by atoms with Crippen molar-refractivity contribution in [2.45, 2.75) is 13.5 Å². The quantitative estimate of drug-likeness (QED) is 0.714. The van der Waals surface area contributed by atoms with E-state index < -0.39 is 23.0 Å². The summed E-state index contributed by atoms with van der Waals surface area (Å²) in [6.45, 7) is 2.01. The van der Waals surface area contributed by atoms with Crippen molar-refractivity contribution in [1.82, 2.24) is 14.9 Å². The Hall–Kier alpha value is -3.22. The predicted octanol–water partition coefficient (Wildman–Crippen LogP) is 2.47. The number of amides is 1. The maximum atomic E-state index is 13.9. The summed E-state index contributed by atoms with van der Waals surface area (Å²) in [5.41, 5.74) is 1.91. The molecule has 128 valence electrons. The molecule has 0 fully saturated rings. The summed E-state index contributed by atoms with van der Waals surface area (Å²) in [7, 11) is 1.82. The lowest BCUT2D eigenvalue weighted by Gasteiger charge is -2.09. The molecule has 3 rings (SSSR count). The van der Waals surface area contributed by atoms with Gasteiger partial charge in [-0.2, -0.15) is 0 Å². The van der Waals surface area contributed by atoms with Gasteiger partial charge in [-0.05, 0) is 36.8 Å². The fourth-order valence-corrected chi connectivity index (χ4v) is 2.70. The molecule has 3 aromatic rings. The molecule has 0 bridgehead atoms. The molecule has 0 saturated heterocycles. The Morgan fingerprint density at radius 2 is 2.12 bits per heavy atom. The van der Waals surface area contributed by atoms with Gasteiger partial charge in [-0.1, -0.05) is 6.07 Å². The van der Waals surface area contributed by atoms with Gasteiger partial charge in [0.1, 0.15) is 17.4 Å². The maximum Gasteiger partial charge on any atom is 0.255 e. The number of nitrogens with one attached hydrogen (secondary N) is 1. The Morgan fingerprint density at radius 3 is 2.84 bits per heavy atom. The average molecular weight is 341 g/mol. The van der Waals surface area contributed by atoms with Crippen LogP contribution in [0.3, 0.4) is 0 Å². The molecule has 2 N–H and O–H groups in total. The van der Waals surface area contributed by atoms with E-state index in [4.69, 9.17) is 0 Å². The predicted molar refractivity (Wildman–Crippen MR) is 90.1 cm³/mol. The molecule has 25 heavy (non-hydrogen) atoms. The van der Waals surface area contributed by atoms with Gasteiger partial charge in [0.2, 0.25) is 0 Å². The number of nitrogens with zero attached hydrogens (tertiary/aromatic N) is 2. The molecule has 0 spiro atoms. The van der Waals surface area contributed by atoms with Crippen molar-refractivity contribution < 1.29 is 19.1 Å². The molecule has 0 aliphatic heterocycles. The molecule has 7 heteroatoms. The molecule has 0 unspecified atom stereocenters. The number of phenols is 1. The van der Waals surface area contributed by atoms with Crippen LogP contribution in [0.25, 0.3) is 11.0 Å². The molecular formula is C18H16FN3O3. The van der Waals surface area contributed by atoms with E-state index >= 15 is 0 Å². The molecule has 0 aliphatic rings. The molecule has 0 atom stereocenters. The number of hydrogen-bond acceptors (Lipinski definition) is 4. The van der Waals surface area contributed by atoms with Crippen molar-refractivity contribution in [3.05, 3.63) is 58.7 Å². The highest BCUT2D eigenvalue weighted by Gasteiger charge is 2.20. The monoisotopic (exact) mass is 341 g/mol. The highest BCUT2D eigenvalue weighted by atomic mass is 19.1. The van der Waals surface area contributed by atoms with E-state index in [1.807, 2.05) is 36.7 Å². The van der Waals surface area contributed by atoms with Gasteiger partial charge >= 0.3 is 0 Å². The van der Waals surface area contributed by atoms with Crippen molar-refractivity contribution in [3.63, 3.8) is 0 Å². The summed E-state index contributed by atoms with van der Waals surface area (Å²) < 4.78 is 15.8. The van der Waals surface area contributed by atoms with Gasteiger partial charge in [-0.3, -0.25) is 9.59 Å². The van der Waals surface area contributed by atoms with E-state index in [0.29, 0.717) is 5.82 Å². The highest BCUT2D eigenvalue weighted by molar-refractivity contribution is 6.03. The number of halogens is 1. The van der Waals surface area contributed by atoms with Crippen molar-refractivity contribution >= 4 is 23.2 Å². The van der Waals surface area contributed by atoms with Gasteiger partial charge in [0.05, 0.1) is 28.7 Å². The number of aromatic hydroxyl groups is 1. The molecule has 1 amide bonds. The molecule has 1 aromatic heterocycles. The molecule has 0 radical (unpaired) electrons. The SMILES string of the molecule is Cc1ccc2c(c1)nc(CNC(=O)c1c(F)ccc(O)c1C=O)n2C. The Morgan fingerprint density at radius 1 is 1.36 bits per heavy atom. The van der Waals surface area contributed by atoms with E-state index in [9.17, 15) is 19.1 Å².